The maximum absolute atomic E-state index is 12.3. The summed E-state index contributed by atoms with van der Waals surface area (Å²) in [5.74, 6) is 2.23. The zero-order chi connectivity index (χ0) is 21.0. The van der Waals surface area contributed by atoms with Crippen molar-refractivity contribution in [2.75, 3.05) is 35.4 Å². The van der Waals surface area contributed by atoms with E-state index >= 15 is 0 Å². The van der Waals surface area contributed by atoms with Crippen LogP contribution in [0.3, 0.4) is 0 Å². The third-order valence-electron chi connectivity index (χ3n) is 5.40. The minimum absolute atomic E-state index is 0.197. The van der Waals surface area contributed by atoms with Gasteiger partial charge in [0, 0.05) is 36.1 Å². The van der Waals surface area contributed by atoms with Crippen molar-refractivity contribution < 1.29 is 14.3 Å². The Labute approximate surface area is 180 Å². The van der Waals surface area contributed by atoms with Crippen LogP contribution >= 0.6 is 0 Å². The van der Waals surface area contributed by atoms with Crippen molar-refractivity contribution >= 4 is 23.2 Å². The van der Waals surface area contributed by atoms with Crippen LogP contribution in [0, 0.1) is 0 Å². The van der Waals surface area contributed by atoms with Crippen molar-refractivity contribution in [2.24, 2.45) is 0 Å². The van der Waals surface area contributed by atoms with Gasteiger partial charge in [-0.05, 0) is 55.7 Å². The highest BCUT2D eigenvalue weighted by Gasteiger charge is 2.15. The molecule has 3 heterocycles. The molecule has 2 N–H and O–H groups in total. The van der Waals surface area contributed by atoms with Crippen LogP contribution < -0.4 is 25.0 Å². The summed E-state index contributed by atoms with van der Waals surface area (Å²) in [5, 5.41) is 14.4. The molecule has 8 heteroatoms. The monoisotopic (exact) mass is 417 g/mol. The molecular formula is C23H23N5O3. The molecule has 5 rings (SSSR count). The van der Waals surface area contributed by atoms with E-state index in [9.17, 15) is 4.79 Å². The Morgan fingerprint density at radius 2 is 1.55 bits per heavy atom. The minimum Gasteiger partial charge on any atom is -0.454 e. The Morgan fingerprint density at radius 3 is 2.32 bits per heavy atom. The molecule has 0 aliphatic carbocycles. The number of hydrogen-bond donors (Lipinski definition) is 2. The van der Waals surface area contributed by atoms with Crippen LogP contribution in [0.25, 0.3) is 11.3 Å². The number of carbonyl (C=O) groups excluding carboxylic acids is 1. The molecule has 0 bridgehead atoms. The number of benzene rings is 2. The summed E-state index contributed by atoms with van der Waals surface area (Å²) < 4.78 is 10.6. The van der Waals surface area contributed by atoms with Crippen LogP contribution in [0.2, 0.25) is 0 Å². The molecule has 8 nitrogen and oxygen atoms in total. The molecule has 0 radical (unpaired) electrons. The van der Waals surface area contributed by atoms with Crippen molar-refractivity contribution in [3.8, 4) is 22.8 Å². The molecule has 1 fully saturated rings. The van der Waals surface area contributed by atoms with Gasteiger partial charge >= 0.3 is 6.03 Å². The number of nitrogens with one attached hydrogen (secondary N) is 2. The lowest BCUT2D eigenvalue weighted by Gasteiger charge is -2.27. The van der Waals surface area contributed by atoms with E-state index in [1.165, 1.54) is 19.3 Å². The van der Waals surface area contributed by atoms with Gasteiger partial charge in [-0.1, -0.05) is 12.1 Å². The number of anilines is 3. The van der Waals surface area contributed by atoms with Crippen molar-refractivity contribution in [3.05, 3.63) is 54.6 Å². The standard InChI is InChI=1S/C23H23N5O3/c29-23(25-18-8-10-20-21(14-18)31-15-30-20)24-17-6-4-16(5-7-17)19-9-11-22(27-26-19)28-12-2-1-3-13-28/h4-11,14H,1-3,12-13,15H2,(H2,24,25,29). The number of rotatable bonds is 4. The number of piperidine rings is 1. The second kappa shape index (κ2) is 8.51. The number of urea groups is 1. The summed E-state index contributed by atoms with van der Waals surface area (Å²) in [7, 11) is 0. The third kappa shape index (κ3) is 4.37. The predicted molar refractivity (Wildman–Crippen MR) is 119 cm³/mol. The molecular weight excluding hydrogens is 394 g/mol. The highest BCUT2D eigenvalue weighted by Crippen LogP contribution is 2.34. The number of nitrogens with zero attached hydrogens (tertiary/aromatic N) is 3. The average molecular weight is 417 g/mol. The van der Waals surface area contributed by atoms with Gasteiger partial charge in [-0.3, -0.25) is 0 Å². The van der Waals surface area contributed by atoms with Gasteiger partial charge in [-0.2, -0.15) is 0 Å². The number of fused-ring (bicyclic) bond motifs is 1. The number of hydrogen-bond acceptors (Lipinski definition) is 6. The van der Waals surface area contributed by atoms with E-state index < -0.39 is 0 Å². The van der Waals surface area contributed by atoms with Gasteiger partial charge in [-0.25, -0.2) is 4.79 Å². The molecule has 0 saturated carbocycles. The van der Waals surface area contributed by atoms with E-state index in [1.807, 2.05) is 36.4 Å². The quantitative estimate of drug-likeness (QED) is 0.650. The largest absolute Gasteiger partial charge is 0.454 e. The molecule has 2 aliphatic heterocycles. The molecule has 0 spiro atoms. The molecule has 2 aromatic carbocycles. The maximum atomic E-state index is 12.3. The van der Waals surface area contributed by atoms with Crippen molar-refractivity contribution in [1.82, 2.24) is 10.2 Å². The summed E-state index contributed by atoms with van der Waals surface area (Å²) in [6, 6.07) is 16.5. The van der Waals surface area contributed by atoms with Crippen molar-refractivity contribution in [2.45, 2.75) is 19.3 Å². The van der Waals surface area contributed by atoms with Crippen LogP contribution in [0.4, 0.5) is 22.0 Å². The molecule has 0 atom stereocenters. The normalized spacial score (nSPS) is 14.9. The smallest absolute Gasteiger partial charge is 0.323 e. The first-order valence-corrected chi connectivity index (χ1v) is 10.4. The summed E-state index contributed by atoms with van der Waals surface area (Å²) >= 11 is 0. The topological polar surface area (TPSA) is 88.6 Å². The van der Waals surface area contributed by atoms with E-state index in [4.69, 9.17) is 9.47 Å². The van der Waals surface area contributed by atoms with Crippen LogP contribution in [-0.2, 0) is 0 Å². The average Bonchev–Trinajstić information content (AvgIpc) is 3.28. The number of aromatic nitrogens is 2. The fourth-order valence-electron chi connectivity index (χ4n) is 3.76. The lowest BCUT2D eigenvalue weighted by Crippen LogP contribution is -2.30. The molecule has 0 unspecified atom stereocenters. The molecule has 31 heavy (non-hydrogen) atoms. The second-order valence-corrected chi connectivity index (χ2v) is 7.55. The summed E-state index contributed by atoms with van der Waals surface area (Å²) in [4.78, 5) is 14.6. The second-order valence-electron chi connectivity index (χ2n) is 7.55. The van der Waals surface area contributed by atoms with E-state index in [-0.39, 0.29) is 12.8 Å². The third-order valence-corrected chi connectivity index (χ3v) is 5.40. The lowest BCUT2D eigenvalue weighted by molar-refractivity contribution is 0.174. The Bertz CT molecular complexity index is 1060. The molecule has 2 amide bonds. The van der Waals surface area contributed by atoms with Gasteiger partial charge in [-0.15, -0.1) is 10.2 Å². The van der Waals surface area contributed by atoms with Gasteiger partial charge in [0.25, 0.3) is 0 Å². The fourth-order valence-corrected chi connectivity index (χ4v) is 3.76. The molecule has 1 aromatic heterocycles. The highest BCUT2D eigenvalue weighted by atomic mass is 16.7. The molecule has 3 aromatic rings. The number of carbonyl (C=O) groups is 1. The Kier molecular flexibility index (Phi) is 5.26. The van der Waals surface area contributed by atoms with Crippen LogP contribution in [0.15, 0.2) is 54.6 Å². The number of ether oxygens (including phenoxy) is 2. The first-order chi connectivity index (χ1) is 15.2. The minimum atomic E-state index is -0.336. The van der Waals surface area contributed by atoms with E-state index in [0.717, 1.165) is 30.2 Å². The predicted octanol–water partition coefficient (Wildman–Crippen LogP) is 4.51. The van der Waals surface area contributed by atoms with Gasteiger partial charge < -0.3 is 25.0 Å². The molecule has 158 valence electrons. The first kappa shape index (κ1) is 19.2. The summed E-state index contributed by atoms with van der Waals surface area (Å²) in [6.07, 6.45) is 3.71. The van der Waals surface area contributed by atoms with Crippen LogP contribution in [0.5, 0.6) is 11.5 Å². The van der Waals surface area contributed by atoms with E-state index in [0.29, 0.717) is 22.9 Å². The summed E-state index contributed by atoms with van der Waals surface area (Å²) in [5.41, 5.74) is 3.05. The molecule has 2 aliphatic rings. The Morgan fingerprint density at radius 1 is 0.806 bits per heavy atom. The maximum Gasteiger partial charge on any atom is 0.323 e. The zero-order valence-electron chi connectivity index (χ0n) is 17.0. The SMILES string of the molecule is O=C(Nc1ccc(-c2ccc(N3CCCCC3)nn2)cc1)Nc1ccc2c(c1)OCO2. The van der Waals surface area contributed by atoms with Crippen LogP contribution in [0.1, 0.15) is 19.3 Å². The summed E-state index contributed by atoms with van der Waals surface area (Å²) in [6.45, 7) is 2.29. The van der Waals surface area contributed by atoms with Gasteiger partial charge in [0.2, 0.25) is 6.79 Å². The van der Waals surface area contributed by atoms with Gasteiger partial charge in [0.15, 0.2) is 17.3 Å². The van der Waals surface area contributed by atoms with E-state index in [1.54, 1.807) is 18.2 Å². The molecule has 1 saturated heterocycles. The lowest BCUT2D eigenvalue weighted by atomic mass is 10.1. The van der Waals surface area contributed by atoms with Gasteiger partial charge in [0.1, 0.15) is 0 Å². The van der Waals surface area contributed by atoms with Crippen LogP contribution in [-0.4, -0.2) is 36.1 Å². The fraction of sp³-hybridized carbons (Fsp3) is 0.261. The highest BCUT2D eigenvalue weighted by molar-refractivity contribution is 6.00. The van der Waals surface area contributed by atoms with Crippen molar-refractivity contribution in [1.29, 1.82) is 0 Å². The Balaban J connectivity index is 1.20. The zero-order valence-corrected chi connectivity index (χ0v) is 17.0. The van der Waals surface area contributed by atoms with E-state index in [2.05, 4.69) is 25.7 Å². The Hall–Kier alpha value is -3.81. The first-order valence-electron chi connectivity index (χ1n) is 10.4. The number of amides is 2. The van der Waals surface area contributed by atoms with Crippen molar-refractivity contribution in [3.63, 3.8) is 0 Å². The van der Waals surface area contributed by atoms with Gasteiger partial charge in [0.05, 0.1) is 5.69 Å².